The molecule has 0 saturated carbocycles. The summed E-state index contributed by atoms with van der Waals surface area (Å²) < 4.78 is 22.4. The molecule has 0 bridgehead atoms. The molecule has 19 aromatic carbocycles. The van der Waals surface area contributed by atoms with Crippen molar-refractivity contribution in [1.82, 2.24) is 63.5 Å². The lowest BCUT2D eigenvalue weighted by atomic mass is 10.0. The standard InChI is InChI=1S/C45H29N5.C44H31N4OP.C39H26N4/c1-4-14-30(15-5-1)43-46-44(31-16-6-2-7-17-31)48-45(47-43)32-24-26-34(27-25-32)50-38-22-12-10-20-35(38)36-28-29-40-41(42(36)50)37-21-11-13-23-39(37)49(40)33-18-8-3-9-19-33;49-50(39-22-6-2-7-23-39,40-24-8-3-9-25-40)41-26-12-20-37(30-41)44-47-42(35-18-10-16-33(28-35)32-14-4-1-5-15-32)46-43(48-44)36-19-11-17-34(29-36)38-21-13-27-45-31-38;1-3-13-27(14-4-1)37-40-38(28-15-5-2-6-16-28)42-39(41-37)31-19-11-17-29(25-31)30-18-12-20-32(26-30)43-35-23-9-7-21-33(35)34-22-8-10-24-36(34)43/h1-29H;1-31H;1-26H. The van der Waals surface area contributed by atoms with Crippen molar-refractivity contribution in [1.29, 1.82) is 0 Å². The predicted octanol–water partition coefficient (Wildman–Crippen LogP) is 29.9. The van der Waals surface area contributed by atoms with Gasteiger partial charge in [0.05, 0.1) is 33.1 Å². The van der Waals surface area contributed by atoms with Crippen LogP contribution in [0.15, 0.2) is 522 Å². The largest absolute Gasteiger partial charge is 0.309 e. The molecular formula is C128H86N13OP. The number of nitrogens with zero attached hydrogens (tertiary/aromatic N) is 13. The first kappa shape index (κ1) is 86.8. The van der Waals surface area contributed by atoms with Crippen molar-refractivity contribution in [3.63, 3.8) is 0 Å². The quantitative estimate of drug-likeness (QED) is 0.0752. The summed E-state index contributed by atoms with van der Waals surface area (Å²) >= 11 is 0. The summed E-state index contributed by atoms with van der Waals surface area (Å²) in [6.45, 7) is 0. The van der Waals surface area contributed by atoms with Gasteiger partial charge in [-0.2, -0.15) is 0 Å². The molecule has 0 fully saturated rings. The molecule has 7 heterocycles. The minimum absolute atomic E-state index is 0.497. The van der Waals surface area contributed by atoms with Gasteiger partial charge in [0.15, 0.2) is 59.6 Å². The Bertz CT molecular complexity index is 8910. The van der Waals surface area contributed by atoms with Gasteiger partial charge in [-0.15, -0.1) is 0 Å². The van der Waals surface area contributed by atoms with E-state index in [0.717, 1.165) is 117 Å². The van der Waals surface area contributed by atoms with Crippen molar-refractivity contribution in [2.75, 3.05) is 0 Å². The number of fused-ring (bicyclic) bond motifs is 10. The summed E-state index contributed by atoms with van der Waals surface area (Å²) in [4.78, 5) is 49.0. The van der Waals surface area contributed by atoms with Gasteiger partial charge in [-0.05, 0) is 137 Å². The van der Waals surface area contributed by atoms with Crippen LogP contribution < -0.4 is 15.9 Å². The van der Waals surface area contributed by atoms with Crippen LogP contribution in [0.25, 0.3) is 218 Å². The second-order valence-corrected chi connectivity index (χ2v) is 37.7. The van der Waals surface area contributed by atoms with Gasteiger partial charge in [-0.25, -0.2) is 44.9 Å². The Balaban J connectivity index is 0.000000116. The van der Waals surface area contributed by atoms with Gasteiger partial charge in [0.1, 0.15) is 0 Å². The van der Waals surface area contributed by atoms with Crippen LogP contribution in [0.2, 0.25) is 0 Å². The maximum absolute atomic E-state index is 15.3. The maximum Gasteiger partial charge on any atom is 0.171 e. The summed E-state index contributed by atoms with van der Waals surface area (Å²) in [6.07, 6.45) is 3.62. The molecule has 0 atom stereocenters. The van der Waals surface area contributed by atoms with Crippen LogP contribution in [-0.2, 0) is 4.57 Å². The van der Waals surface area contributed by atoms with E-state index in [-0.39, 0.29) is 0 Å². The van der Waals surface area contributed by atoms with Crippen LogP contribution in [0.4, 0.5) is 0 Å². The first-order valence-electron chi connectivity index (χ1n) is 47.6. The van der Waals surface area contributed by atoms with Crippen molar-refractivity contribution in [3.05, 3.63) is 522 Å². The fourth-order valence-electron chi connectivity index (χ4n) is 19.3. The highest BCUT2D eigenvalue weighted by molar-refractivity contribution is 7.85. The molecule has 7 aromatic heterocycles. The topological polar surface area (TPSA) is 161 Å². The molecule has 0 aliphatic heterocycles. The Hall–Kier alpha value is -19.0. The highest BCUT2D eigenvalue weighted by atomic mass is 31.2. The Morgan fingerprint density at radius 3 is 0.881 bits per heavy atom. The molecule has 0 aliphatic carbocycles. The molecular weight excluding hydrogens is 1770 g/mol. The van der Waals surface area contributed by atoms with Crippen molar-refractivity contribution < 1.29 is 4.57 Å². The molecule has 674 valence electrons. The second kappa shape index (κ2) is 38.5. The second-order valence-electron chi connectivity index (χ2n) is 34.9. The third-order valence-corrected chi connectivity index (χ3v) is 29.1. The molecule has 0 spiro atoms. The minimum Gasteiger partial charge on any atom is -0.309 e. The number of hydrogen-bond donors (Lipinski definition) is 0. The average Bonchev–Trinajstić information content (AvgIpc) is 1.54. The molecule has 0 radical (unpaired) electrons. The van der Waals surface area contributed by atoms with Crippen molar-refractivity contribution in [3.8, 4) is 153 Å². The van der Waals surface area contributed by atoms with E-state index in [9.17, 15) is 0 Å². The van der Waals surface area contributed by atoms with E-state index in [0.29, 0.717) is 57.7 Å². The van der Waals surface area contributed by atoms with Crippen LogP contribution in [-0.4, -0.2) is 63.5 Å². The molecule has 26 aromatic rings. The summed E-state index contributed by atoms with van der Waals surface area (Å²) in [5.74, 6) is 5.49. The highest BCUT2D eigenvalue weighted by Crippen LogP contribution is 2.46. The molecule has 143 heavy (non-hydrogen) atoms. The van der Waals surface area contributed by atoms with Gasteiger partial charge in [0.25, 0.3) is 0 Å². The molecule has 15 heteroatoms. The first-order chi connectivity index (χ1) is 70.8. The first-order valence-corrected chi connectivity index (χ1v) is 49.3. The van der Waals surface area contributed by atoms with E-state index >= 15 is 4.57 Å². The van der Waals surface area contributed by atoms with Crippen molar-refractivity contribution in [2.45, 2.75) is 0 Å². The van der Waals surface area contributed by atoms with Gasteiger partial charge in [-0.1, -0.05) is 400 Å². The third kappa shape index (κ3) is 17.2. The maximum atomic E-state index is 15.3. The number of hydrogen-bond acceptors (Lipinski definition) is 11. The van der Waals surface area contributed by atoms with E-state index in [1.165, 1.54) is 59.9 Å². The lowest BCUT2D eigenvalue weighted by Gasteiger charge is -2.20. The molecule has 0 unspecified atom stereocenters. The fraction of sp³-hybridized carbons (Fsp3) is 0. The lowest BCUT2D eigenvalue weighted by Crippen LogP contribution is -2.25. The minimum atomic E-state index is -3.22. The number of pyridine rings is 1. The SMILES string of the molecule is O=P(c1ccccc1)(c1ccccc1)c1cccc(-c2nc(-c3cccc(-c4ccccc4)c3)nc(-c3cccc(-c4cccnc4)c3)n2)c1.c1ccc(-c2nc(-c3ccccc3)nc(-c3ccc(-n4c5ccccc5c5ccc6c(c7ccccc7n6-c6ccccc6)c54)cc3)n2)cc1.c1ccc(-c2nc(-c3ccccc3)nc(-c3cccc(-c4cccc(-n5c6ccccc6c6ccccc65)c4)c3)n2)cc1. The Morgan fingerprint density at radius 1 is 0.168 bits per heavy atom. The van der Waals surface area contributed by atoms with Crippen LogP contribution in [0, 0.1) is 0 Å². The Labute approximate surface area is 825 Å². The zero-order chi connectivity index (χ0) is 95.4. The van der Waals surface area contributed by atoms with Gasteiger partial charge in [-0.3, -0.25) is 4.98 Å². The summed E-state index contributed by atoms with van der Waals surface area (Å²) in [6, 6.07) is 174. The van der Waals surface area contributed by atoms with E-state index in [2.05, 4.69) is 267 Å². The average molecular weight is 1850 g/mol. The van der Waals surface area contributed by atoms with Crippen molar-refractivity contribution >= 4 is 88.5 Å². The smallest absolute Gasteiger partial charge is 0.171 e. The number of para-hydroxylation sites is 5. The van der Waals surface area contributed by atoms with Gasteiger partial charge in [0, 0.05) is 133 Å². The highest BCUT2D eigenvalue weighted by Gasteiger charge is 2.31. The molecule has 0 aliphatic rings. The summed E-state index contributed by atoms with van der Waals surface area (Å²) in [7, 11) is -3.22. The normalized spacial score (nSPS) is 11.4. The predicted molar refractivity (Wildman–Crippen MR) is 585 cm³/mol. The monoisotopic (exact) mass is 1850 g/mol. The molecule has 14 nitrogen and oxygen atoms in total. The van der Waals surface area contributed by atoms with Gasteiger partial charge >= 0.3 is 0 Å². The summed E-state index contributed by atoms with van der Waals surface area (Å²) in [5.41, 5.74) is 25.0. The van der Waals surface area contributed by atoms with Crippen LogP contribution in [0.5, 0.6) is 0 Å². The van der Waals surface area contributed by atoms with Crippen LogP contribution >= 0.6 is 7.14 Å². The van der Waals surface area contributed by atoms with Gasteiger partial charge < -0.3 is 18.3 Å². The number of rotatable bonds is 18. The third-order valence-electron chi connectivity index (χ3n) is 26.1. The molecule has 0 N–H and O–H groups in total. The van der Waals surface area contributed by atoms with E-state index < -0.39 is 7.14 Å². The molecule has 0 amide bonds. The van der Waals surface area contributed by atoms with Crippen LogP contribution in [0.3, 0.4) is 0 Å². The van der Waals surface area contributed by atoms with E-state index in [1.54, 1.807) is 6.20 Å². The van der Waals surface area contributed by atoms with E-state index in [1.807, 2.05) is 267 Å². The van der Waals surface area contributed by atoms with Crippen molar-refractivity contribution in [2.24, 2.45) is 0 Å². The molecule has 0 saturated heterocycles. The Morgan fingerprint density at radius 2 is 0.448 bits per heavy atom. The van der Waals surface area contributed by atoms with E-state index in [4.69, 9.17) is 44.9 Å². The number of benzene rings is 19. The lowest BCUT2D eigenvalue weighted by molar-refractivity contribution is 0.592. The fourth-order valence-corrected chi connectivity index (χ4v) is 22.0. The number of aromatic nitrogens is 13. The van der Waals surface area contributed by atoms with Crippen LogP contribution in [0.1, 0.15) is 0 Å². The summed E-state index contributed by atoms with van der Waals surface area (Å²) in [5, 5.41) is 9.67. The van der Waals surface area contributed by atoms with Gasteiger partial charge in [0.2, 0.25) is 0 Å². The molecule has 26 rings (SSSR count). The zero-order valence-corrected chi connectivity index (χ0v) is 78.2. The zero-order valence-electron chi connectivity index (χ0n) is 77.3. The Kier molecular flexibility index (Phi) is 23.4.